The van der Waals surface area contributed by atoms with Crippen molar-refractivity contribution in [1.82, 2.24) is 16.1 Å². The van der Waals surface area contributed by atoms with Gasteiger partial charge in [-0.2, -0.15) is 5.10 Å². The molecule has 0 saturated carbocycles. The standard InChI is InChI=1S/C3H8N2.C3H6N2/c1-2-5-3-4-1;1-2-4-5-3-1/h4-5H,1-3H2;2,5H,1,3H2. The van der Waals surface area contributed by atoms with E-state index in [2.05, 4.69) is 21.2 Å². The van der Waals surface area contributed by atoms with Gasteiger partial charge in [-0.05, 0) is 0 Å². The first-order valence-electron chi connectivity index (χ1n) is 3.66. The Morgan fingerprint density at radius 1 is 1.10 bits per heavy atom. The number of nitrogens with one attached hydrogen (secondary N) is 3. The Balaban J connectivity index is 0.0000001000. The maximum Gasteiger partial charge on any atom is 0.0455 e. The van der Waals surface area contributed by atoms with Gasteiger partial charge in [0.15, 0.2) is 0 Å². The first-order valence-corrected chi connectivity index (χ1v) is 3.66. The molecule has 0 aromatic carbocycles. The molecule has 1 saturated heterocycles. The van der Waals surface area contributed by atoms with Gasteiger partial charge in [-0.15, -0.1) is 0 Å². The molecule has 2 rings (SSSR count). The van der Waals surface area contributed by atoms with Crippen molar-refractivity contribution in [2.75, 3.05) is 26.3 Å². The smallest absolute Gasteiger partial charge is 0.0455 e. The predicted octanol–water partition coefficient (Wildman–Crippen LogP) is -0.898. The minimum Gasteiger partial charge on any atom is -0.310 e. The van der Waals surface area contributed by atoms with Gasteiger partial charge in [0.1, 0.15) is 0 Å². The fourth-order valence-electron chi connectivity index (χ4n) is 0.765. The zero-order valence-corrected chi connectivity index (χ0v) is 6.06. The lowest BCUT2D eigenvalue weighted by Gasteiger charge is -1.77. The van der Waals surface area contributed by atoms with E-state index in [1.165, 1.54) is 0 Å². The van der Waals surface area contributed by atoms with Crippen LogP contribution >= 0.6 is 0 Å². The SMILES string of the molecule is C1=NNCC1.C1CNCN1. The zero-order valence-electron chi connectivity index (χ0n) is 6.06. The molecule has 0 aromatic heterocycles. The monoisotopic (exact) mass is 142 g/mol. The highest BCUT2D eigenvalue weighted by Gasteiger charge is 1.90. The van der Waals surface area contributed by atoms with Gasteiger partial charge in [-0.3, -0.25) is 0 Å². The summed E-state index contributed by atoms with van der Waals surface area (Å²) in [5, 5.41) is 9.93. The molecule has 0 amide bonds. The Kier molecular flexibility index (Phi) is 3.90. The van der Waals surface area contributed by atoms with Crippen molar-refractivity contribution in [3.63, 3.8) is 0 Å². The highest BCUT2D eigenvalue weighted by atomic mass is 15.3. The summed E-state index contributed by atoms with van der Waals surface area (Å²) in [6, 6.07) is 0. The van der Waals surface area contributed by atoms with Crippen LogP contribution in [0.3, 0.4) is 0 Å². The molecule has 3 N–H and O–H groups in total. The lowest BCUT2D eigenvalue weighted by atomic mass is 10.5. The van der Waals surface area contributed by atoms with E-state index in [1.807, 2.05) is 6.21 Å². The summed E-state index contributed by atoms with van der Waals surface area (Å²) in [5.74, 6) is 0. The van der Waals surface area contributed by atoms with Crippen molar-refractivity contribution in [2.24, 2.45) is 5.10 Å². The molecule has 0 atom stereocenters. The minimum absolute atomic E-state index is 1.00. The fraction of sp³-hybridized carbons (Fsp3) is 0.833. The lowest BCUT2D eigenvalue weighted by Crippen LogP contribution is -2.11. The van der Waals surface area contributed by atoms with Crippen LogP contribution < -0.4 is 16.1 Å². The molecule has 0 unspecified atom stereocenters. The molecule has 58 valence electrons. The van der Waals surface area contributed by atoms with E-state index in [0.29, 0.717) is 0 Å². The van der Waals surface area contributed by atoms with E-state index in [9.17, 15) is 0 Å². The third kappa shape index (κ3) is 3.42. The average Bonchev–Trinajstić information content (AvgIpc) is 2.67. The van der Waals surface area contributed by atoms with E-state index in [4.69, 9.17) is 0 Å². The van der Waals surface area contributed by atoms with Crippen LogP contribution in [0.15, 0.2) is 5.10 Å². The van der Waals surface area contributed by atoms with E-state index in [1.54, 1.807) is 0 Å². The number of hydrogen-bond donors (Lipinski definition) is 3. The van der Waals surface area contributed by atoms with Gasteiger partial charge in [0, 0.05) is 38.9 Å². The van der Waals surface area contributed by atoms with Crippen molar-refractivity contribution >= 4 is 6.21 Å². The van der Waals surface area contributed by atoms with E-state index < -0.39 is 0 Å². The maximum atomic E-state index is 3.71. The molecule has 4 heteroatoms. The maximum absolute atomic E-state index is 3.71. The van der Waals surface area contributed by atoms with Crippen molar-refractivity contribution in [1.29, 1.82) is 0 Å². The van der Waals surface area contributed by atoms with Gasteiger partial charge in [-0.25, -0.2) is 0 Å². The molecule has 2 aliphatic heterocycles. The topological polar surface area (TPSA) is 48.5 Å². The number of nitrogens with zero attached hydrogens (tertiary/aromatic N) is 1. The number of hydrazone groups is 1. The highest BCUT2D eigenvalue weighted by Crippen LogP contribution is 1.75. The Morgan fingerprint density at radius 3 is 2.10 bits per heavy atom. The summed E-state index contributed by atoms with van der Waals surface area (Å²) in [6.45, 7) is 4.31. The molecule has 2 heterocycles. The molecule has 1 fully saturated rings. The quantitative estimate of drug-likeness (QED) is 0.411. The van der Waals surface area contributed by atoms with E-state index in [0.717, 1.165) is 32.7 Å². The predicted molar refractivity (Wildman–Crippen MR) is 42.0 cm³/mol. The zero-order chi connectivity index (χ0) is 7.07. The summed E-state index contributed by atoms with van der Waals surface area (Å²) in [6.07, 6.45) is 2.97. The molecule has 0 aromatic rings. The van der Waals surface area contributed by atoms with Crippen molar-refractivity contribution in [3.05, 3.63) is 0 Å². The fourth-order valence-corrected chi connectivity index (χ4v) is 0.765. The summed E-state index contributed by atoms with van der Waals surface area (Å²) in [7, 11) is 0. The Bertz CT molecular complexity index is 84.3. The third-order valence-electron chi connectivity index (χ3n) is 1.30. The highest BCUT2D eigenvalue weighted by molar-refractivity contribution is 5.58. The molecule has 10 heavy (non-hydrogen) atoms. The molecular weight excluding hydrogens is 128 g/mol. The summed E-state index contributed by atoms with van der Waals surface area (Å²) >= 11 is 0. The first kappa shape index (κ1) is 7.50. The molecule has 0 radical (unpaired) electrons. The van der Waals surface area contributed by atoms with Gasteiger partial charge in [0.05, 0.1) is 0 Å². The van der Waals surface area contributed by atoms with Gasteiger partial charge >= 0.3 is 0 Å². The minimum atomic E-state index is 1.00. The number of hydrogen-bond acceptors (Lipinski definition) is 4. The van der Waals surface area contributed by atoms with Gasteiger partial charge in [0.2, 0.25) is 0 Å². The summed E-state index contributed by atoms with van der Waals surface area (Å²) in [4.78, 5) is 0. The third-order valence-corrected chi connectivity index (χ3v) is 1.30. The van der Waals surface area contributed by atoms with Crippen molar-refractivity contribution in [2.45, 2.75) is 6.42 Å². The van der Waals surface area contributed by atoms with Crippen LogP contribution in [-0.2, 0) is 0 Å². The Hall–Kier alpha value is -0.610. The van der Waals surface area contributed by atoms with Gasteiger partial charge in [-0.1, -0.05) is 0 Å². The average molecular weight is 142 g/mol. The van der Waals surface area contributed by atoms with Gasteiger partial charge < -0.3 is 16.1 Å². The molecule has 2 aliphatic rings. The normalized spacial score (nSPS) is 21.6. The second-order valence-electron chi connectivity index (χ2n) is 2.19. The summed E-state index contributed by atoms with van der Waals surface area (Å²) in [5.41, 5.74) is 2.79. The Morgan fingerprint density at radius 2 is 1.90 bits per heavy atom. The van der Waals surface area contributed by atoms with Crippen LogP contribution in [0, 0.1) is 0 Å². The van der Waals surface area contributed by atoms with Gasteiger partial charge in [0.25, 0.3) is 0 Å². The van der Waals surface area contributed by atoms with Crippen LogP contribution in [0.2, 0.25) is 0 Å². The van der Waals surface area contributed by atoms with Crippen molar-refractivity contribution in [3.8, 4) is 0 Å². The van der Waals surface area contributed by atoms with E-state index in [-0.39, 0.29) is 0 Å². The van der Waals surface area contributed by atoms with Crippen LogP contribution in [0.4, 0.5) is 0 Å². The van der Waals surface area contributed by atoms with Crippen LogP contribution in [0.5, 0.6) is 0 Å². The number of rotatable bonds is 0. The molecule has 0 bridgehead atoms. The molecule has 0 aliphatic carbocycles. The second kappa shape index (κ2) is 5.20. The van der Waals surface area contributed by atoms with Crippen LogP contribution in [0.1, 0.15) is 6.42 Å². The molecule has 0 spiro atoms. The molecular formula is C6H14N4. The second-order valence-corrected chi connectivity index (χ2v) is 2.19. The van der Waals surface area contributed by atoms with Crippen LogP contribution in [-0.4, -0.2) is 32.5 Å². The Labute approximate surface area is 61.1 Å². The molecule has 4 nitrogen and oxygen atoms in total. The van der Waals surface area contributed by atoms with Crippen LogP contribution in [0.25, 0.3) is 0 Å². The van der Waals surface area contributed by atoms with E-state index >= 15 is 0 Å². The first-order chi connectivity index (χ1) is 5.00. The summed E-state index contributed by atoms with van der Waals surface area (Å²) < 4.78 is 0. The lowest BCUT2D eigenvalue weighted by molar-refractivity contribution is 0.807. The largest absolute Gasteiger partial charge is 0.310 e. The van der Waals surface area contributed by atoms with Crippen molar-refractivity contribution < 1.29 is 0 Å².